The average Bonchev–Trinajstić information content (AvgIpc) is 3.42. The highest BCUT2D eigenvalue weighted by atomic mass is 16.7. The van der Waals surface area contributed by atoms with Crippen LogP contribution in [0.3, 0.4) is 0 Å². The van der Waals surface area contributed by atoms with Gasteiger partial charge in [0.05, 0.1) is 23.9 Å². The molecule has 4 saturated carbocycles. The van der Waals surface area contributed by atoms with Gasteiger partial charge in [0.1, 0.15) is 18.8 Å². The zero-order valence-corrected chi connectivity index (χ0v) is 25.2. The number of aliphatic hydroxyl groups excluding tert-OH is 1. The number of aliphatic hydroxyl groups is 2. The number of carbonyl (C=O) groups excluding carboxylic acids is 2. The van der Waals surface area contributed by atoms with Gasteiger partial charge in [0.2, 0.25) is 0 Å². The summed E-state index contributed by atoms with van der Waals surface area (Å²) < 4.78 is 29.1. The molecule has 9 nitrogen and oxygen atoms in total. The van der Waals surface area contributed by atoms with Gasteiger partial charge in [-0.05, 0) is 80.6 Å². The van der Waals surface area contributed by atoms with Gasteiger partial charge >= 0.3 is 11.9 Å². The highest BCUT2D eigenvalue weighted by Crippen LogP contribution is 2.70. The van der Waals surface area contributed by atoms with E-state index in [4.69, 9.17) is 23.7 Å². The second kappa shape index (κ2) is 10.6. The fourth-order valence-corrected chi connectivity index (χ4v) is 10.4. The van der Waals surface area contributed by atoms with Crippen molar-refractivity contribution in [1.29, 1.82) is 0 Å². The first-order valence-corrected chi connectivity index (χ1v) is 15.7. The summed E-state index contributed by atoms with van der Waals surface area (Å²) in [5.74, 6) is 0.0175. The van der Waals surface area contributed by atoms with Crippen LogP contribution in [0.25, 0.3) is 0 Å². The first kappa shape index (κ1) is 29.5. The van der Waals surface area contributed by atoms with Gasteiger partial charge in [0.25, 0.3) is 0 Å². The first-order valence-electron chi connectivity index (χ1n) is 15.7. The molecule has 2 heterocycles. The number of cyclic esters (lactones) is 1. The van der Waals surface area contributed by atoms with Crippen LogP contribution >= 0.6 is 0 Å². The number of carbonyl (C=O) groups is 2. The van der Waals surface area contributed by atoms with Crippen LogP contribution in [0.1, 0.15) is 85.5 Å². The summed E-state index contributed by atoms with van der Waals surface area (Å²) >= 11 is 0. The predicted molar refractivity (Wildman–Crippen MR) is 147 cm³/mol. The van der Waals surface area contributed by atoms with E-state index in [0.717, 1.165) is 50.5 Å². The van der Waals surface area contributed by atoms with E-state index in [9.17, 15) is 19.8 Å². The van der Waals surface area contributed by atoms with Crippen LogP contribution < -0.4 is 0 Å². The molecule has 0 aromatic carbocycles. The Morgan fingerprint density at radius 2 is 1.85 bits per heavy atom. The Labute approximate surface area is 243 Å². The summed E-state index contributed by atoms with van der Waals surface area (Å²) in [6.45, 7) is 8.06. The molecule has 0 bridgehead atoms. The van der Waals surface area contributed by atoms with Crippen LogP contribution in [-0.4, -0.2) is 78.3 Å². The Morgan fingerprint density at radius 1 is 1.07 bits per heavy atom. The average molecular weight is 577 g/mol. The smallest absolute Gasteiger partial charge is 0.331 e. The van der Waals surface area contributed by atoms with Crippen molar-refractivity contribution < 1.29 is 43.5 Å². The van der Waals surface area contributed by atoms with Gasteiger partial charge in [-0.1, -0.05) is 13.8 Å². The Hall–Kier alpha value is -1.52. The summed E-state index contributed by atoms with van der Waals surface area (Å²) in [6, 6.07) is 0. The molecule has 0 spiro atoms. The molecule has 0 aromatic heterocycles. The third-order valence-electron chi connectivity index (χ3n) is 12.5. The van der Waals surface area contributed by atoms with Crippen LogP contribution in [-0.2, 0) is 33.3 Å². The normalized spacial score (nSPS) is 51.2. The van der Waals surface area contributed by atoms with Crippen LogP contribution in [0.2, 0.25) is 0 Å². The van der Waals surface area contributed by atoms with Crippen LogP contribution in [0, 0.1) is 34.5 Å². The van der Waals surface area contributed by atoms with E-state index in [0.29, 0.717) is 24.7 Å². The van der Waals surface area contributed by atoms with Gasteiger partial charge in [0, 0.05) is 44.3 Å². The molecule has 0 radical (unpaired) electrons. The first-order chi connectivity index (χ1) is 19.4. The minimum Gasteiger partial charge on any atom is -0.462 e. The van der Waals surface area contributed by atoms with Gasteiger partial charge in [-0.15, -0.1) is 0 Å². The summed E-state index contributed by atoms with van der Waals surface area (Å²) in [7, 11) is 1.62. The Balaban J connectivity index is 1.19. The number of hydrogen-bond acceptors (Lipinski definition) is 9. The molecule has 1 saturated heterocycles. The van der Waals surface area contributed by atoms with Crippen molar-refractivity contribution in [3.8, 4) is 0 Å². The lowest BCUT2D eigenvalue weighted by atomic mass is 9.43. The third-order valence-corrected chi connectivity index (χ3v) is 12.5. The van der Waals surface area contributed by atoms with E-state index in [1.165, 1.54) is 6.92 Å². The van der Waals surface area contributed by atoms with Crippen molar-refractivity contribution in [3.05, 3.63) is 11.6 Å². The standard InChI is InChI=1S/C32H48O9/c1-17-29(35)24(37-5)14-27(39-17)41-21-8-10-30(3)20(13-21)6-7-23-22(30)9-11-31(4)28(19-12-26(34)38-16-19)25(40-18(2)33)15-32(23,31)36/h12,17,20-25,27-29,35-36H,6-11,13-16H2,1-5H3/t17-,20+,21+,22-,23+,24+,25-,27-,28-,29-,30+,31-,32+/m1/s1. The van der Waals surface area contributed by atoms with Crippen molar-refractivity contribution in [2.45, 2.75) is 128 Å². The van der Waals surface area contributed by atoms with E-state index in [1.807, 2.05) is 6.92 Å². The topological polar surface area (TPSA) is 121 Å². The van der Waals surface area contributed by atoms with E-state index in [2.05, 4.69) is 13.8 Å². The van der Waals surface area contributed by atoms with E-state index < -0.39 is 23.2 Å². The Bertz CT molecular complexity index is 1080. The molecular weight excluding hydrogens is 528 g/mol. The number of rotatable bonds is 5. The third kappa shape index (κ3) is 4.69. The summed E-state index contributed by atoms with van der Waals surface area (Å²) in [6.07, 6.45) is 7.14. The summed E-state index contributed by atoms with van der Waals surface area (Å²) in [5.41, 5.74) is -0.559. The quantitative estimate of drug-likeness (QED) is 0.373. The van der Waals surface area contributed by atoms with Gasteiger partial charge < -0.3 is 33.9 Å². The van der Waals surface area contributed by atoms with Crippen LogP contribution in [0.4, 0.5) is 0 Å². The molecule has 6 rings (SSSR count). The largest absolute Gasteiger partial charge is 0.462 e. The van der Waals surface area contributed by atoms with E-state index in [1.54, 1.807) is 13.2 Å². The zero-order valence-electron chi connectivity index (χ0n) is 25.2. The second-order valence-corrected chi connectivity index (χ2v) is 14.3. The molecule has 0 unspecified atom stereocenters. The number of esters is 2. The molecule has 4 aliphatic carbocycles. The number of hydrogen-bond donors (Lipinski definition) is 2. The van der Waals surface area contributed by atoms with Crippen molar-refractivity contribution in [3.63, 3.8) is 0 Å². The lowest BCUT2D eigenvalue weighted by Crippen LogP contribution is -2.62. The fraction of sp³-hybridized carbons (Fsp3) is 0.875. The fourth-order valence-electron chi connectivity index (χ4n) is 10.4. The van der Waals surface area contributed by atoms with Crippen molar-refractivity contribution in [1.82, 2.24) is 0 Å². The minimum absolute atomic E-state index is 0.0898. The van der Waals surface area contributed by atoms with Gasteiger partial charge in [-0.3, -0.25) is 4.79 Å². The minimum atomic E-state index is -0.990. The van der Waals surface area contributed by atoms with E-state index >= 15 is 0 Å². The van der Waals surface area contributed by atoms with Crippen molar-refractivity contribution in [2.24, 2.45) is 34.5 Å². The van der Waals surface area contributed by atoms with E-state index in [-0.39, 0.29) is 60.4 Å². The van der Waals surface area contributed by atoms with Crippen LogP contribution in [0.15, 0.2) is 11.6 Å². The maximum Gasteiger partial charge on any atom is 0.331 e. The second-order valence-electron chi connectivity index (χ2n) is 14.3. The number of ether oxygens (including phenoxy) is 5. The predicted octanol–water partition coefficient (Wildman–Crippen LogP) is 3.68. The Morgan fingerprint density at radius 3 is 2.54 bits per heavy atom. The molecule has 0 amide bonds. The highest BCUT2D eigenvalue weighted by Gasteiger charge is 2.71. The molecule has 13 atom stereocenters. The highest BCUT2D eigenvalue weighted by molar-refractivity contribution is 5.85. The molecule has 41 heavy (non-hydrogen) atoms. The monoisotopic (exact) mass is 576 g/mol. The SMILES string of the molecule is CO[C@H]1C[C@@H](O[C@H]2CC[C@@]3(C)[C@@H](CC[C@H]4[C@H]3CC[C@]3(C)[C@H](C5=CC(=O)OC5)[C@H](OC(C)=O)C[C@]43O)C2)O[C@H](C)[C@H]1O. The summed E-state index contributed by atoms with van der Waals surface area (Å²) in [5, 5.41) is 23.0. The molecule has 0 aromatic rings. The molecular formula is C32H48O9. The van der Waals surface area contributed by atoms with Gasteiger partial charge in [-0.2, -0.15) is 0 Å². The molecule has 230 valence electrons. The molecule has 9 heteroatoms. The van der Waals surface area contributed by atoms with Crippen molar-refractivity contribution in [2.75, 3.05) is 13.7 Å². The molecule has 2 N–H and O–H groups in total. The Kier molecular flexibility index (Phi) is 7.62. The lowest BCUT2D eigenvalue weighted by Gasteiger charge is -2.63. The molecule has 6 aliphatic rings. The summed E-state index contributed by atoms with van der Waals surface area (Å²) in [4.78, 5) is 24.2. The maximum atomic E-state index is 12.7. The molecule has 2 aliphatic heterocycles. The lowest BCUT2D eigenvalue weighted by molar-refractivity contribution is -0.273. The maximum absolute atomic E-state index is 12.7. The molecule has 5 fully saturated rings. The van der Waals surface area contributed by atoms with Gasteiger partial charge in [-0.25, -0.2) is 4.79 Å². The van der Waals surface area contributed by atoms with Crippen molar-refractivity contribution >= 4 is 11.9 Å². The zero-order chi connectivity index (χ0) is 29.3. The van der Waals surface area contributed by atoms with Gasteiger partial charge in [0.15, 0.2) is 6.29 Å². The van der Waals surface area contributed by atoms with Crippen LogP contribution in [0.5, 0.6) is 0 Å². The number of fused-ring (bicyclic) bond motifs is 5. The number of methoxy groups -OCH3 is 1.